The predicted octanol–water partition coefficient (Wildman–Crippen LogP) is 5.74. The Hall–Kier alpha value is -2.18. The predicted molar refractivity (Wildman–Crippen MR) is 113 cm³/mol. The number of carbonyl (C=O) groups excluding carboxylic acids is 2. The number of nitrogens with one attached hydrogen (secondary N) is 1. The van der Waals surface area contributed by atoms with Gasteiger partial charge in [-0.25, -0.2) is 0 Å². The van der Waals surface area contributed by atoms with E-state index in [9.17, 15) is 9.59 Å². The number of benzene rings is 3. The second-order valence-electron chi connectivity index (χ2n) is 5.82. The zero-order valence-corrected chi connectivity index (χ0v) is 16.8. The summed E-state index contributed by atoms with van der Waals surface area (Å²) in [7, 11) is 0. The molecule has 1 amide bonds. The average molecular weight is 476 g/mol. The van der Waals surface area contributed by atoms with E-state index < -0.39 is 0 Å². The summed E-state index contributed by atoms with van der Waals surface area (Å²) in [6.45, 7) is 1.97. The third-order valence-corrected chi connectivity index (χ3v) is 5.01. The maximum atomic E-state index is 12.8. The number of hydrogen-bond donors (Lipinski definition) is 1. The maximum absolute atomic E-state index is 12.8. The molecule has 0 saturated carbocycles. The van der Waals surface area contributed by atoms with Gasteiger partial charge in [0.25, 0.3) is 5.91 Å². The molecule has 0 aliphatic rings. The SMILES string of the molecule is Cc1ccc(C(=O)Nc2ccc(Cl)cc2C(=O)c2ccccc2)c(I)c1. The summed E-state index contributed by atoms with van der Waals surface area (Å²) in [5, 5.41) is 3.28. The molecule has 1 N–H and O–H groups in total. The standard InChI is InChI=1S/C21H15ClINO2/c1-13-7-9-16(18(23)11-13)21(26)24-19-10-8-15(22)12-17(19)20(25)14-5-3-2-4-6-14/h2-12H,1H3,(H,24,26). The van der Waals surface area contributed by atoms with Crippen LogP contribution in [0.5, 0.6) is 0 Å². The van der Waals surface area contributed by atoms with Crippen LogP contribution in [-0.2, 0) is 0 Å². The number of aryl methyl sites for hydroxylation is 1. The molecule has 3 aromatic rings. The van der Waals surface area contributed by atoms with Crippen molar-refractivity contribution in [2.75, 3.05) is 5.32 Å². The van der Waals surface area contributed by atoms with Crippen molar-refractivity contribution in [2.45, 2.75) is 6.92 Å². The molecule has 0 saturated heterocycles. The molecule has 0 aliphatic carbocycles. The molecule has 3 nitrogen and oxygen atoms in total. The van der Waals surface area contributed by atoms with Gasteiger partial charge in [-0.3, -0.25) is 9.59 Å². The lowest BCUT2D eigenvalue weighted by molar-refractivity contribution is 0.102. The summed E-state index contributed by atoms with van der Waals surface area (Å²) in [6, 6.07) is 19.4. The zero-order valence-electron chi connectivity index (χ0n) is 13.9. The van der Waals surface area contributed by atoms with E-state index in [0.717, 1.165) is 9.13 Å². The van der Waals surface area contributed by atoms with Gasteiger partial charge in [-0.05, 0) is 59.8 Å². The van der Waals surface area contributed by atoms with Gasteiger partial charge >= 0.3 is 0 Å². The van der Waals surface area contributed by atoms with E-state index >= 15 is 0 Å². The monoisotopic (exact) mass is 475 g/mol. The molecule has 0 radical (unpaired) electrons. The second-order valence-corrected chi connectivity index (χ2v) is 7.42. The van der Waals surface area contributed by atoms with E-state index in [0.29, 0.717) is 27.4 Å². The van der Waals surface area contributed by atoms with Gasteiger partial charge in [-0.1, -0.05) is 53.6 Å². The van der Waals surface area contributed by atoms with Gasteiger partial charge in [0.1, 0.15) is 0 Å². The minimum atomic E-state index is -0.265. The zero-order chi connectivity index (χ0) is 18.7. The number of carbonyl (C=O) groups is 2. The molecule has 0 aliphatic heterocycles. The Morgan fingerprint density at radius 1 is 0.923 bits per heavy atom. The summed E-state index contributed by atoms with van der Waals surface area (Å²) in [4.78, 5) is 25.5. The van der Waals surface area contributed by atoms with Crippen LogP contribution >= 0.6 is 34.2 Å². The van der Waals surface area contributed by atoms with Crippen molar-refractivity contribution in [2.24, 2.45) is 0 Å². The van der Waals surface area contributed by atoms with E-state index in [1.807, 2.05) is 25.1 Å². The van der Waals surface area contributed by atoms with Crippen LogP contribution in [0.25, 0.3) is 0 Å². The highest BCUT2D eigenvalue weighted by Crippen LogP contribution is 2.25. The van der Waals surface area contributed by atoms with Gasteiger partial charge in [-0.15, -0.1) is 0 Å². The second kappa shape index (κ2) is 8.01. The Kier molecular flexibility index (Phi) is 5.74. The molecule has 0 atom stereocenters. The topological polar surface area (TPSA) is 46.2 Å². The Balaban J connectivity index is 1.95. The van der Waals surface area contributed by atoms with Gasteiger partial charge in [0.2, 0.25) is 0 Å². The van der Waals surface area contributed by atoms with Gasteiger partial charge in [0.05, 0.1) is 11.3 Å². The van der Waals surface area contributed by atoms with Crippen LogP contribution in [-0.4, -0.2) is 11.7 Å². The Bertz CT molecular complexity index is 987. The first-order chi connectivity index (χ1) is 12.5. The quantitative estimate of drug-likeness (QED) is 0.387. The highest BCUT2D eigenvalue weighted by Gasteiger charge is 2.17. The molecule has 3 aromatic carbocycles. The van der Waals surface area contributed by atoms with Gasteiger partial charge in [-0.2, -0.15) is 0 Å². The summed E-state index contributed by atoms with van der Waals surface area (Å²) in [5.74, 6) is -0.458. The van der Waals surface area contributed by atoms with Gasteiger partial charge < -0.3 is 5.32 Å². The summed E-state index contributed by atoms with van der Waals surface area (Å²) >= 11 is 8.21. The van der Waals surface area contributed by atoms with Crippen LogP contribution in [0.4, 0.5) is 5.69 Å². The first-order valence-electron chi connectivity index (χ1n) is 7.92. The first-order valence-corrected chi connectivity index (χ1v) is 9.38. The molecular weight excluding hydrogens is 461 g/mol. The Morgan fingerprint density at radius 2 is 1.65 bits per heavy atom. The Morgan fingerprint density at radius 3 is 2.35 bits per heavy atom. The number of ketones is 1. The van der Waals surface area contributed by atoms with Crippen LogP contribution in [0.1, 0.15) is 31.8 Å². The van der Waals surface area contributed by atoms with E-state index in [1.165, 1.54) is 0 Å². The van der Waals surface area contributed by atoms with E-state index in [4.69, 9.17) is 11.6 Å². The van der Waals surface area contributed by atoms with Crippen molar-refractivity contribution < 1.29 is 9.59 Å². The highest BCUT2D eigenvalue weighted by atomic mass is 127. The van der Waals surface area contributed by atoms with Crippen molar-refractivity contribution in [1.82, 2.24) is 0 Å². The summed E-state index contributed by atoms with van der Waals surface area (Å²) < 4.78 is 0.852. The number of anilines is 1. The fourth-order valence-electron chi connectivity index (χ4n) is 2.55. The number of amides is 1. The summed E-state index contributed by atoms with van der Waals surface area (Å²) in [6.07, 6.45) is 0. The van der Waals surface area contributed by atoms with Crippen LogP contribution in [0.2, 0.25) is 5.02 Å². The molecule has 130 valence electrons. The lowest BCUT2D eigenvalue weighted by atomic mass is 10.0. The number of halogens is 2. The van der Waals surface area contributed by atoms with Gasteiger partial charge in [0, 0.05) is 19.7 Å². The average Bonchev–Trinajstić information content (AvgIpc) is 2.63. The molecular formula is C21H15ClINO2. The molecule has 0 heterocycles. The maximum Gasteiger partial charge on any atom is 0.256 e. The summed E-state index contributed by atoms with van der Waals surface area (Å²) in [5.41, 5.74) is 2.97. The largest absolute Gasteiger partial charge is 0.321 e. The molecule has 0 fully saturated rings. The number of hydrogen-bond acceptors (Lipinski definition) is 2. The van der Waals surface area contributed by atoms with Crippen molar-refractivity contribution in [3.63, 3.8) is 0 Å². The van der Waals surface area contributed by atoms with Crippen LogP contribution < -0.4 is 5.32 Å². The van der Waals surface area contributed by atoms with E-state index in [2.05, 4.69) is 27.9 Å². The normalized spacial score (nSPS) is 10.4. The Labute approximate surface area is 170 Å². The molecule has 3 rings (SSSR count). The van der Waals surface area contributed by atoms with Gasteiger partial charge in [0.15, 0.2) is 5.78 Å². The highest BCUT2D eigenvalue weighted by molar-refractivity contribution is 14.1. The van der Waals surface area contributed by atoms with Crippen LogP contribution in [0.15, 0.2) is 66.7 Å². The minimum Gasteiger partial charge on any atom is -0.321 e. The molecule has 5 heteroatoms. The van der Waals surface area contributed by atoms with E-state index in [-0.39, 0.29) is 11.7 Å². The lowest BCUT2D eigenvalue weighted by Crippen LogP contribution is -2.16. The fourth-order valence-corrected chi connectivity index (χ4v) is 3.64. The third kappa shape index (κ3) is 4.14. The smallest absolute Gasteiger partial charge is 0.256 e. The molecule has 0 bridgehead atoms. The molecule has 0 aromatic heterocycles. The van der Waals surface area contributed by atoms with Crippen molar-refractivity contribution in [3.8, 4) is 0 Å². The van der Waals surface area contributed by atoms with E-state index in [1.54, 1.807) is 48.5 Å². The van der Waals surface area contributed by atoms with Crippen molar-refractivity contribution >= 4 is 51.6 Å². The third-order valence-electron chi connectivity index (χ3n) is 3.88. The minimum absolute atomic E-state index is 0.193. The molecule has 0 spiro atoms. The lowest BCUT2D eigenvalue weighted by Gasteiger charge is -2.12. The van der Waals surface area contributed by atoms with Crippen LogP contribution in [0.3, 0.4) is 0 Å². The molecule has 0 unspecified atom stereocenters. The van der Waals surface area contributed by atoms with Crippen LogP contribution in [0, 0.1) is 10.5 Å². The first kappa shape index (κ1) is 18.6. The van der Waals surface area contributed by atoms with Crippen molar-refractivity contribution in [3.05, 3.63) is 97.6 Å². The van der Waals surface area contributed by atoms with Crippen molar-refractivity contribution in [1.29, 1.82) is 0 Å². The fraction of sp³-hybridized carbons (Fsp3) is 0.0476. The molecule has 26 heavy (non-hydrogen) atoms. The number of rotatable bonds is 4.